The van der Waals surface area contributed by atoms with Crippen LogP contribution in [0.1, 0.15) is 30.1 Å². The molecule has 1 aliphatic rings. The molecule has 0 aliphatic carbocycles. The van der Waals surface area contributed by atoms with Crippen molar-refractivity contribution in [2.24, 2.45) is 0 Å². The van der Waals surface area contributed by atoms with Crippen LogP contribution in [0, 0.1) is 5.82 Å². The highest BCUT2D eigenvalue weighted by atomic mass is 19.1. The summed E-state index contributed by atoms with van der Waals surface area (Å²) in [6, 6.07) is 9.21. The molecule has 1 aliphatic heterocycles. The molecule has 1 saturated heterocycles. The second-order valence-corrected chi connectivity index (χ2v) is 7.19. The molecule has 30 heavy (non-hydrogen) atoms. The fourth-order valence-corrected chi connectivity index (χ4v) is 3.93. The second kappa shape index (κ2) is 7.34. The molecule has 152 valence electrons. The third-order valence-electron chi connectivity index (χ3n) is 5.35. The molecule has 5 rings (SSSR count). The molecule has 3 aromatic heterocycles. The zero-order chi connectivity index (χ0) is 20.7. The number of aromatic hydroxyl groups is 1. The van der Waals surface area contributed by atoms with Gasteiger partial charge in [-0.25, -0.2) is 23.9 Å². The van der Waals surface area contributed by atoms with E-state index in [4.69, 9.17) is 5.10 Å². The molecular formula is C21H19FN6O2. The van der Waals surface area contributed by atoms with Gasteiger partial charge >= 0.3 is 0 Å². The van der Waals surface area contributed by atoms with Crippen LogP contribution in [0.25, 0.3) is 17.2 Å². The number of aliphatic hydroxyl groups excluding tert-OH is 1. The van der Waals surface area contributed by atoms with Gasteiger partial charge in [0, 0.05) is 18.3 Å². The number of imidazole rings is 1. The molecule has 2 N–H and O–H groups in total. The van der Waals surface area contributed by atoms with E-state index in [1.165, 1.54) is 18.2 Å². The minimum atomic E-state index is -0.379. The number of hydrogen-bond donors (Lipinski definition) is 2. The molecule has 8 nitrogen and oxygen atoms in total. The number of fused-ring (bicyclic) bond motifs is 1. The van der Waals surface area contributed by atoms with Crippen molar-refractivity contribution in [3.05, 3.63) is 65.9 Å². The lowest BCUT2D eigenvalue weighted by molar-refractivity contribution is 0.277. The Balaban J connectivity index is 1.57. The number of benzene rings is 1. The van der Waals surface area contributed by atoms with Crippen molar-refractivity contribution >= 4 is 11.5 Å². The summed E-state index contributed by atoms with van der Waals surface area (Å²) in [5.74, 6) is 0.799. The van der Waals surface area contributed by atoms with E-state index in [0.29, 0.717) is 34.2 Å². The lowest BCUT2D eigenvalue weighted by Crippen LogP contribution is -2.24. The van der Waals surface area contributed by atoms with E-state index in [2.05, 4.69) is 19.9 Å². The standard InChI is InChI=1S/C21H19FN6O2/c22-13-3-4-18(30)15(10-13)16-2-1-9-27(16)20-6-5-19-24-11-17(28(19)26-20)21-23-8-7-14(12-29)25-21/h3-8,10-11,16,29-30H,1-2,9,12H2/t16-/m1/s1. The third-order valence-corrected chi connectivity index (χ3v) is 5.35. The number of nitrogens with zero attached hydrogens (tertiary/aromatic N) is 6. The fraction of sp³-hybridized carbons (Fsp3) is 0.238. The highest BCUT2D eigenvalue weighted by Crippen LogP contribution is 2.39. The Morgan fingerprint density at radius 1 is 1.13 bits per heavy atom. The first-order valence-corrected chi connectivity index (χ1v) is 9.67. The minimum absolute atomic E-state index is 0.0758. The number of rotatable bonds is 4. The highest BCUT2D eigenvalue weighted by molar-refractivity contribution is 5.58. The summed E-state index contributed by atoms with van der Waals surface area (Å²) in [5, 5.41) is 24.4. The van der Waals surface area contributed by atoms with Crippen molar-refractivity contribution < 1.29 is 14.6 Å². The zero-order valence-electron chi connectivity index (χ0n) is 16.0. The second-order valence-electron chi connectivity index (χ2n) is 7.19. The van der Waals surface area contributed by atoms with Gasteiger partial charge in [0.25, 0.3) is 0 Å². The molecule has 0 spiro atoms. The maximum atomic E-state index is 13.8. The predicted octanol–water partition coefficient (Wildman–Crippen LogP) is 2.86. The molecule has 1 fully saturated rings. The Kier molecular flexibility index (Phi) is 4.51. The van der Waals surface area contributed by atoms with Crippen molar-refractivity contribution in [2.75, 3.05) is 11.4 Å². The first-order chi connectivity index (χ1) is 14.6. The Bertz CT molecular complexity index is 1230. The summed E-state index contributed by atoms with van der Waals surface area (Å²) in [7, 11) is 0. The molecule has 4 aromatic rings. The van der Waals surface area contributed by atoms with Crippen LogP contribution in [-0.2, 0) is 6.61 Å². The van der Waals surface area contributed by atoms with Crippen molar-refractivity contribution in [3.8, 4) is 17.3 Å². The summed E-state index contributed by atoms with van der Waals surface area (Å²) in [4.78, 5) is 15.1. The number of halogens is 1. The molecule has 0 bridgehead atoms. The van der Waals surface area contributed by atoms with Gasteiger partial charge in [-0.15, -0.1) is 5.10 Å². The Labute approximate surface area is 171 Å². The molecule has 1 aromatic carbocycles. The number of aromatic nitrogens is 5. The molecule has 0 saturated carbocycles. The zero-order valence-corrected chi connectivity index (χ0v) is 16.0. The highest BCUT2D eigenvalue weighted by Gasteiger charge is 2.30. The number of anilines is 1. The molecule has 1 atom stereocenters. The SMILES string of the molecule is OCc1ccnc(-c2cnc3ccc(N4CCC[C@@H]4c4cc(F)ccc4O)nn23)n1. The fourth-order valence-electron chi connectivity index (χ4n) is 3.93. The van der Waals surface area contributed by atoms with E-state index in [1.807, 2.05) is 12.1 Å². The lowest BCUT2D eigenvalue weighted by Gasteiger charge is -2.26. The summed E-state index contributed by atoms with van der Waals surface area (Å²) < 4.78 is 15.5. The van der Waals surface area contributed by atoms with Gasteiger partial charge in [-0.2, -0.15) is 0 Å². The summed E-state index contributed by atoms with van der Waals surface area (Å²) in [6.07, 6.45) is 4.91. The third kappa shape index (κ3) is 3.13. The predicted molar refractivity (Wildman–Crippen MR) is 107 cm³/mol. The van der Waals surface area contributed by atoms with Gasteiger partial charge in [0.15, 0.2) is 11.5 Å². The maximum Gasteiger partial charge on any atom is 0.180 e. The first-order valence-electron chi connectivity index (χ1n) is 9.67. The Hall–Kier alpha value is -3.59. The van der Waals surface area contributed by atoms with Crippen LogP contribution in [0.2, 0.25) is 0 Å². The van der Waals surface area contributed by atoms with Crippen LogP contribution in [0.3, 0.4) is 0 Å². The average Bonchev–Trinajstić information content (AvgIpc) is 3.42. The van der Waals surface area contributed by atoms with Crippen LogP contribution in [0.4, 0.5) is 10.2 Å². The van der Waals surface area contributed by atoms with E-state index in [-0.39, 0.29) is 24.2 Å². The van der Waals surface area contributed by atoms with Gasteiger partial charge in [-0.3, -0.25) is 0 Å². The molecule has 0 amide bonds. The van der Waals surface area contributed by atoms with E-state index < -0.39 is 0 Å². The Morgan fingerprint density at radius 2 is 2.03 bits per heavy atom. The number of phenols is 1. The quantitative estimate of drug-likeness (QED) is 0.538. The largest absolute Gasteiger partial charge is 0.508 e. The molecular weight excluding hydrogens is 387 g/mol. The summed E-state index contributed by atoms with van der Waals surface area (Å²) in [5.41, 5.74) is 2.30. The molecule has 9 heteroatoms. The van der Waals surface area contributed by atoms with Crippen molar-refractivity contribution in [1.82, 2.24) is 24.6 Å². The monoisotopic (exact) mass is 406 g/mol. The van der Waals surface area contributed by atoms with Gasteiger partial charge in [0.1, 0.15) is 23.1 Å². The van der Waals surface area contributed by atoms with Crippen molar-refractivity contribution in [1.29, 1.82) is 0 Å². The summed E-state index contributed by atoms with van der Waals surface area (Å²) in [6.45, 7) is 0.553. The normalized spacial score (nSPS) is 16.5. The molecule has 0 radical (unpaired) electrons. The van der Waals surface area contributed by atoms with E-state index >= 15 is 0 Å². The van der Waals surface area contributed by atoms with Crippen LogP contribution in [0.5, 0.6) is 5.75 Å². The molecule has 4 heterocycles. The maximum absolute atomic E-state index is 13.8. The van der Waals surface area contributed by atoms with Gasteiger partial charge in [-0.1, -0.05) is 0 Å². The van der Waals surface area contributed by atoms with E-state index in [1.54, 1.807) is 23.0 Å². The van der Waals surface area contributed by atoms with Crippen LogP contribution < -0.4 is 4.90 Å². The number of hydrogen-bond acceptors (Lipinski definition) is 7. The van der Waals surface area contributed by atoms with Gasteiger partial charge in [0.05, 0.1) is 24.5 Å². The lowest BCUT2D eigenvalue weighted by atomic mass is 10.0. The van der Waals surface area contributed by atoms with Crippen LogP contribution >= 0.6 is 0 Å². The van der Waals surface area contributed by atoms with Crippen molar-refractivity contribution in [2.45, 2.75) is 25.5 Å². The van der Waals surface area contributed by atoms with E-state index in [0.717, 1.165) is 19.4 Å². The Morgan fingerprint density at radius 3 is 2.90 bits per heavy atom. The smallest absolute Gasteiger partial charge is 0.180 e. The minimum Gasteiger partial charge on any atom is -0.508 e. The first kappa shape index (κ1) is 18.4. The van der Waals surface area contributed by atoms with Gasteiger partial charge in [0.2, 0.25) is 0 Å². The van der Waals surface area contributed by atoms with Crippen LogP contribution in [-0.4, -0.2) is 41.3 Å². The number of phenolic OH excluding ortho intramolecular Hbond substituents is 1. The topological polar surface area (TPSA) is 99.7 Å². The van der Waals surface area contributed by atoms with Gasteiger partial charge < -0.3 is 15.1 Å². The van der Waals surface area contributed by atoms with Crippen molar-refractivity contribution in [3.63, 3.8) is 0 Å². The van der Waals surface area contributed by atoms with Gasteiger partial charge in [-0.05, 0) is 49.2 Å². The van der Waals surface area contributed by atoms with Crippen LogP contribution in [0.15, 0.2) is 48.8 Å². The number of aliphatic hydroxyl groups is 1. The van der Waals surface area contributed by atoms with E-state index in [9.17, 15) is 14.6 Å². The molecule has 0 unspecified atom stereocenters. The summed E-state index contributed by atoms with van der Waals surface area (Å²) >= 11 is 0. The average molecular weight is 406 g/mol.